The minimum absolute atomic E-state index is 0.453. The van der Waals surface area contributed by atoms with Gasteiger partial charge in [0.2, 0.25) is 0 Å². The SMILES string of the molecule is OB1OCc2cc(Nc3ccccn3)ccc21. The molecule has 1 aromatic carbocycles. The second-order valence-electron chi connectivity index (χ2n) is 3.92. The fourth-order valence-corrected chi connectivity index (χ4v) is 1.89. The van der Waals surface area contributed by atoms with Gasteiger partial charge >= 0.3 is 7.12 Å². The summed E-state index contributed by atoms with van der Waals surface area (Å²) in [5, 5.41) is 12.7. The molecule has 0 unspecified atom stereocenters. The summed E-state index contributed by atoms with van der Waals surface area (Å²) in [5.41, 5.74) is 2.80. The highest BCUT2D eigenvalue weighted by atomic mass is 16.5. The molecule has 3 rings (SSSR count). The van der Waals surface area contributed by atoms with Gasteiger partial charge in [0.1, 0.15) is 5.82 Å². The van der Waals surface area contributed by atoms with E-state index in [-0.39, 0.29) is 0 Å². The number of benzene rings is 1. The molecule has 1 aliphatic heterocycles. The van der Waals surface area contributed by atoms with E-state index in [0.717, 1.165) is 22.5 Å². The molecular weight excluding hydrogens is 215 g/mol. The smallest absolute Gasteiger partial charge is 0.423 e. The van der Waals surface area contributed by atoms with E-state index < -0.39 is 7.12 Å². The first-order chi connectivity index (χ1) is 8.33. The van der Waals surface area contributed by atoms with Gasteiger partial charge in [-0.1, -0.05) is 12.1 Å². The van der Waals surface area contributed by atoms with Crippen LogP contribution in [0.25, 0.3) is 0 Å². The summed E-state index contributed by atoms with van der Waals surface area (Å²) >= 11 is 0. The molecule has 1 aliphatic rings. The third-order valence-electron chi connectivity index (χ3n) is 2.74. The van der Waals surface area contributed by atoms with Crippen molar-refractivity contribution in [2.75, 3.05) is 5.32 Å². The molecule has 17 heavy (non-hydrogen) atoms. The molecule has 5 heteroatoms. The molecule has 4 nitrogen and oxygen atoms in total. The summed E-state index contributed by atoms with van der Waals surface area (Å²) in [7, 11) is -0.783. The number of fused-ring (bicyclic) bond motifs is 1. The molecule has 0 aliphatic carbocycles. The van der Waals surface area contributed by atoms with Gasteiger partial charge in [-0.3, -0.25) is 0 Å². The standard InChI is InChI=1S/C12H11BN2O2/c16-13-11-5-4-10(7-9(11)8-17-13)15-12-3-1-2-6-14-12/h1-7,16H,8H2,(H,14,15). The molecule has 0 fully saturated rings. The largest absolute Gasteiger partial charge is 0.491 e. The Hall–Kier alpha value is -1.85. The summed E-state index contributed by atoms with van der Waals surface area (Å²) in [6, 6.07) is 11.5. The van der Waals surface area contributed by atoms with Crippen LogP contribution >= 0.6 is 0 Å². The van der Waals surface area contributed by atoms with Crippen molar-refractivity contribution in [1.82, 2.24) is 4.98 Å². The van der Waals surface area contributed by atoms with Crippen LogP contribution in [0.4, 0.5) is 11.5 Å². The summed E-state index contributed by atoms with van der Waals surface area (Å²) in [6.45, 7) is 0.453. The maximum atomic E-state index is 9.51. The maximum Gasteiger partial charge on any atom is 0.491 e. The third kappa shape index (κ3) is 2.02. The monoisotopic (exact) mass is 226 g/mol. The van der Waals surface area contributed by atoms with Crippen LogP contribution in [0.15, 0.2) is 42.6 Å². The van der Waals surface area contributed by atoms with Gasteiger partial charge in [0.05, 0.1) is 6.61 Å². The van der Waals surface area contributed by atoms with Crippen molar-refractivity contribution in [2.45, 2.75) is 6.61 Å². The second kappa shape index (κ2) is 4.20. The van der Waals surface area contributed by atoms with Gasteiger partial charge < -0.3 is 15.0 Å². The van der Waals surface area contributed by atoms with E-state index in [9.17, 15) is 5.02 Å². The molecule has 1 aromatic heterocycles. The zero-order valence-electron chi connectivity index (χ0n) is 9.13. The van der Waals surface area contributed by atoms with Gasteiger partial charge in [-0.25, -0.2) is 4.98 Å². The minimum Gasteiger partial charge on any atom is -0.423 e. The third-order valence-corrected chi connectivity index (χ3v) is 2.74. The summed E-state index contributed by atoms with van der Waals surface area (Å²) < 4.78 is 5.14. The molecule has 84 valence electrons. The lowest BCUT2D eigenvalue weighted by molar-refractivity contribution is 0.275. The number of hydrogen-bond donors (Lipinski definition) is 2. The van der Waals surface area contributed by atoms with Gasteiger partial charge in [-0.15, -0.1) is 0 Å². The van der Waals surface area contributed by atoms with Crippen LogP contribution in [0.1, 0.15) is 5.56 Å². The van der Waals surface area contributed by atoms with Crippen LogP contribution in [-0.4, -0.2) is 17.1 Å². The predicted octanol–water partition coefficient (Wildman–Crippen LogP) is 1.04. The molecule has 2 N–H and O–H groups in total. The molecule has 0 bridgehead atoms. The normalized spacial score (nSPS) is 13.6. The van der Waals surface area contributed by atoms with Crippen LogP contribution in [0, 0.1) is 0 Å². The summed E-state index contributed by atoms with van der Waals surface area (Å²) in [4.78, 5) is 4.19. The van der Waals surface area contributed by atoms with E-state index in [1.54, 1.807) is 6.20 Å². The Balaban J connectivity index is 1.86. The van der Waals surface area contributed by atoms with Crippen LogP contribution < -0.4 is 10.8 Å². The van der Waals surface area contributed by atoms with Crippen LogP contribution in [-0.2, 0) is 11.3 Å². The Morgan fingerprint density at radius 2 is 2.24 bits per heavy atom. The number of hydrogen-bond acceptors (Lipinski definition) is 4. The van der Waals surface area contributed by atoms with Crippen LogP contribution in [0.3, 0.4) is 0 Å². The van der Waals surface area contributed by atoms with E-state index in [0.29, 0.717) is 6.61 Å². The van der Waals surface area contributed by atoms with Crippen molar-refractivity contribution < 1.29 is 9.68 Å². The molecule has 0 radical (unpaired) electrons. The van der Waals surface area contributed by atoms with Gasteiger partial charge in [0.15, 0.2) is 0 Å². The van der Waals surface area contributed by atoms with Crippen molar-refractivity contribution in [3.8, 4) is 0 Å². The molecule has 0 saturated heterocycles. The van der Waals surface area contributed by atoms with E-state index in [2.05, 4.69) is 10.3 Å². The Morgan fingerprint density at radius 3 is 3.06 bits per heavy atom. The zero-order valence-corrected chi connectivity index (χ0v) is 9.13. The quantitative estimate of drug-likeness (QED) is 0.751. The summed E-state index contributed by atoms with van der Waals surface area (Å²) in [6.07, 6.45) is 1.74. The first kappa shape index (κ1) is 10.3. The second-order valence-corrected chi connectivity index (χ2v) is 3.92. The molecule has 0 spiro atoms. The first-order valence-corrected chi connectivity index (χ1v) is 5.43. The van der Waals surface area contributed by atoms with Gasteiger partial charge in [0, 0.05) is 11.9 Å². The Kier molecular flexibility index (Phi) is 2.55. The number of anilines is 2. The minimum atomic E-state index is -0.783. The lowest BCUT2D eigenvalue weighted by Gasteiger charge is -2.06. The number of rotatable bonds is 2. The molecular formula is C12H11BN2O2. The molecule has 0 amide bonds. The zero-order chi connectivity index (χ0) is 11.7. The van der Waals surface area contributed by atoms with Crippen LogP contribution in [0.2, 0.25) is 0 Å². The van der Waals surface area contributed by atoms with E-state index >= 15 is 0 Å². The van der Waals surface area contributed by atoms with E-state index in [1.807, 2.05) is 36.4 Å². The highest BCUT2D eigenvalue weighted by Crippen LogP contribution is 2.18. The molecule has 2 heterocycles. The van der Waals surface area contributed by atoms with Crippen LogP contribution in [0.5, 0.6) is 0 Å². The van der Waals surface area contributed by atoms with Gasteiger partial charge in [-0.05, 0) is 35.3 Å². The van der Waals surface area contributed by atoms with Gasteiger partial charge in [-0.2, -0.15) is 0 Å². The van der Waals surface area contributed by atoms with Crippen molar-refractivity contribution in [1.29, 1.82) is 0 Å². The van der Waals surface area contributed by atoms with Crippen molar-refractivity contribution >= 4 is 24.1 Å². The molecule has 0 saturated carbocycles. The molecule has 2 aromatic rings. The topological polar surface area (TPSA) is 54.4 Å². The van der Waals surface area contributed by atoms with E-state index in [4.69, 9.17) is 4.65 Å². The number of nitrogens with one attached hydrogen (secondary N) is 1. The van der Waals surface area contributed by atoms with Crippen molar-refractivity contribution in [3.63, 3.8) is 0 Å². The van der Waals surface area contributed by atoms with Crippen molar-refractivity contribution in [2.24, 2.45) is 0 Å². The number of aromatic nitrogens is 1. The average Bonchev–Trinajstić information content (AvgIpc) is 2.72. The number of nitrogens with zero attached hydrogens (tertiary/aromatic N) is 1. The Labute approximate surface area is 99.4 Å². The number of pyridine rings is 1. The van der Waals surface area contributed by atoms with Gasteiger partial charge in [0.25, 0.3) is 0 Å². The summed E-state index contributed by atoms with van der Waals surface area (Å²) in [5.74, 6) is 0.798. The fraction of sp³-hybridized carbons (Fsp3) is 0.0833. The first-order valence-electron chi connectivity index (χ1n) is 5.43. The average molecular weight is 226 g/mol. The van der Waals surface area contributed by atoms with E-state index in [1.165, 1.54) is 0 Å². The lowest BCUT2D eigenvalue weighted by Crippen LogP contribution is -2.27. The van der Waals surface area contributed by atoms with Crippen molar-refractivity contribution in [3.05, 3.63) is 48.2 Å². The maximum absolute atomic E-state index is 9.51. The highest BCUT2D eigenvalue weighted by molar-refractivity contribution is 6.61. The highest BCUT2D eigenvalue weighted by Gasteiger charge is 2.26. The molecule has 0 atom stereocenters. The lowest BCUT2D eigenvalue weighted by atomic mass is 9.79. The predicted molar refractivity (Wildman–Crippen MR) is 66.4 cm³/mol. The fourth-order valence-electron chi connectivity index (χ4n) is 1.89. The Morgan fingerprint density at radius 1 is 1.29 bits per heavy atom. The Bertz CT molecular complexity index is 533.